The number of nitrogens with zero attached hydrogens (tertiary/aromatic N) is 1. The molecule has 7 heteroatoms. The Morgan fingerprint density at radius 3 is 2.56 bits per heavy atom. The van der Waals surface area contributed by atoms with Crippen molar-refractivity contribution >= 4 is 23.4 Å². The Morgan fingerprint density at radius 2 is 1.81 bits per heavy atom. The minimum Gasteiger partial charge on any atom is -0.378 e. The minimum absolute atomic E-state index is 0.307. The molecule has 1 fully saturated rings. The summed E-state index contributed by atoms with van der Waals surface area (Å²) in [6.45, 7) is 2.70. The Bertz CT molecular complexity index is 828. The third-order valence-electron chi connectivity index (χ3n) is 4.15. The number of hydrogen-bond acceptors (Lipinski definition) is 3. The normalized spacial score (nSPS) is 15.1. The highest BCUT2D eigenvalue weighted by atomic mass is 19.4. The molecule has 0 bridgehead atoms. The van der Waals surface area contributed by atoms with Crippen molar-refractivity contribution in [1.82, 2.24) is 0 Å². The predicted molar refractivity (Wildman–Crippen MR) is 98.6 cm³/mol. The van der Waals surface area contributed by atoms with Crippen molar-refractivity contribution in [3.8, 4) is 0 Å². The molecule has 0 aromatic heterocycles. The summed E-state index contributed by atoms with van der Waals surface area (Å²) in [4.78, 5) is 14.4. The molecule has 0 atom stereocenters. The van der Waals surface area contributed by atoms with Gasteiger partial charge >= 0.3 is 6.18 Å². The molecule has 142 valence electrons. The molecule has 0 saturated carbocycles. The molecule has 2 aromatic carbocycles. The van der Waals surface area contributed by atoms with Crippen LogP contribution in [-0.2, 0) is 15.7 Å². The van der Waals surface area contributed by atoms with Crippen molar-refractivity contribution in [2.75, 3.05) is 36.5 Å². The number of carbonyl (C=O) groups is 1. The van der Waals surface area contributed by atoms with Crippen molar-refractivity contribution in [2.45, 2.75) is 6.18 Å². The van der Waals surface area contributed by atoms with Crippen LogP contribution in [0.15, 0.2) is 54.6 Å². The summed E-state index contributed by atoms with van der Waals surface area (Å²) < 4.78 is 43.6. The van der Waals surface area contributed by atoms with E-state index in [2.05, 4.69) is 10.2 Å². The largest absolute Gasteiger partial charge is 0.416 e. The van der Waals surface area contributed by atoms with Crippen molar-refractivity contribution in [2.24, 2.45) is 0 Å². The number of amides is 1. The van der Waals surface area contributed by atoms with Crippen LogP contribution in [0, 0.1) is 0 Å². The van der Waals surface area contributed by atoms with Gasteiger partial charge in [0.25, 0.3) is 0 Å². The van der Waals surface area contributed by atoms with Gasteiger partial charge in [-0.05, 0) is 35.9 Å². The number of benzene rings is 2. The monoisotopic (exact) mass is 376 g/mol. The average Bonchev–Trinajstić information content (AvgIpc) is 2.67. The van der Waals surface area contributed by atoms with Crippen LogP contribution in [-0.4, -0.2) is 32.2 Å². The SMILES string of the molecule is O=C(/C=C/c1cccc(C(F)(F)F)c1)Nc1ccccc1N1CCOCC1. The first kappa shape index (κ1) is 19.0. The highest BCUT2D eigenvalue weighted by Crippen LogP contribution is 2.30. The third kappa shape index (κ3) is 5.10. The average molecular weight is 376 g/mol. The molecule has 0 spiro atoms. The van der Waals surface area contributed by atoms with Gasteiger partial charge in [0.2, 0.25) is 5.91 Å². The first-order valence-corrected chi connectivity index (χ1v) is 8.51. The maximum atomic E-state index is 12.8. The lowest BCUT2D eigenvalue weighted by atomic mass is 10.1. The van der Waals surface area contributed by atoms with Crippen LogP contribution in [0.5, 0.6) is 0 Å². The zero-order valence-electron chi connectivity index (χ0n) is 14.5. The van der Waals surface area contributed by atoms with Crippen LogP contribution in [0.2, 0.25) is 0 Å². The van der Waals surface area contributed by atoms with Crippen molar-refractivity contribution in [3.05, 3.63) is 65.7 Å². The first-order chi connectivity index (χ1) is 12.9. The lowest BCUT2D eigenvalue weighted by Crippen LogP contribution is -2.36. The molecule has 1 amide bonds. The summed E-state index contributed by atoms with van der Waals surface area (Å²) in [5.41, 5.74) is 1.10. The Labute approximate surface area is 155 Å². The van der Waals surface area contributed by atoms with E-state index in [4.69, 9.17) is 4.74 Å². The highest BCUT2D eigenvalue weighted by molar-refractivity contribution is 6.03. The molecule has 2 aromatic rings. The quantitative estimate of drug-likeness (QED) is 0.814. The molecular formula is C20H19F3N2O2. The molecule has 27 heavy (non-hydrogen) atoms. The first-order valence-electron chi connectivity index (χ1n) is 8.51. The van der Waals surface area contributed by atoms with Crippen LogP contribution in [0.1, 0.15) is 11.1 Å². The highest BCUT2D eigenvalue weighted by Gasteiger charge is 2.30. The van der Waals surface area contributed by atoms with Gasteiger partial charge in [-0.2, -0.15) is 13.2 Å². The molecule has 1 aliphatic heterocycles. The van der Waals surface area contributed by atoms with Crippen LogP contribution in [0.25, 0.3) is 6.08 Å². The standard InChI is InChI=1S/C20H19F3N2O2/c21-20(22,23)16-5-3-4-15(14-16)8-9-19(26)24-17-6-1-2-7-18(17)25-10-12-27-13-11-25/h1-9,14H,10-13H2,(H,24,26)/b9-8+. The summed E-state index contributed by atoms with van der Waals surface area (Å²) in [5.74, 6) is -0.409. The molecule has 0 aliphatic carbocycles. The smallest absolute Gasteiger partial charge is 0.378 e. The van der Waals surface area contributed by atoms with Crippen molar-refractivity contribution in [1.29, 1.82) is 0 Å². The molecule has 0 radical (unpaired) electrons. The zero-order chi connectivity index (χ0) is 19.3. The van der Waals surface area contributed by atoms with Gasteiger partial charge in [-0.25, -0.2) is 0 Å². The van der Waals surface area contributed by atoms with E-state index in [0.717, 1.165) is 30.9 Å². The fourth-order valence-electron chi connectivity index (χ4n) is 2.82. The maximum Gasteiger partial charge on any atom is 0.416 e. The Balaban J connectivity index is 1.70. The van der Waals surface area contributed by atoms with Gasteiger partial charge < -0.3 is 15.0 Å². The number of rotatable bonds is 4. The number of halogens is 3. The van der Waals surface area contributed by atoms with Gasteiger partial charge in [0.15, 0.2) is 0 Å². The predicted octanol–water partition coefficient (Wildman–Crippen LogP) is 4.19. The Hall–Kier alpha value is -2.80. The van der Waals surface area contributed by atoms with E-state index < -0.39 is 17.6 Å². The summed E-state index contributed by atoms with van der Waals surface area (Å²) in [7, 11) is 0. The summed E-state index contributed by atoms with van der Waals surface area (Å²) >= 11 is 0. The molecule has 4 nitrogen and oxygen atoms in total. The van der Waals surface area contributed by atoms with Gasteiger partial charge in [0, 0.05) is 19.2 Å². The number of ether oxygens (including phenoxy) is 1. The number of nitrogens with one attached hydrogen (secondary N) is 1. The number of carbonyl (C=O) groups excluding carboxylic acids is 1. The third-order valence-corrected chi connectivity index (χ3v) is 4.15. The van der Waals surface area contributed by atoms with E-state index in [0.29, 0.717) is 24.5 Å². The van der Waals surface area contributed by atoms with E-state index in [1.807, 2.05) is 18.2 Å². The van der Waals surface area contributed by atoms with Crippen LogP contribution in [0.4, 0.5) is 24.5 Å². The van der Waals surface area contributed by atoms with Gasteiger partial charge in [-0.15, -0.1) is 0 Å². The molecule has 1 N–H and O–H groups in total. The minimum atomic E-state index is -4.41. The summed E-state index contributed by atoms with van der Waals surface area (Å²) in [5, 5.41) is 2.79. The van der Waals surface area contributed by atoms with Crippen molar-refractivity contribution in [3.63, 3.8) is 0 Å². The number of para-hydroxylation sites is 2. The van der Waals surface area contributed by atoms with E-state index >= 15 is 0 Å². The molecular weight excluding hydrogens is 357 g/mol. The molecule has 1 saturated heterocycles. The summed E-state index contributed by atoms with van der Waals surface area (Å²) in [6, 6.07) is 12.2. The zero-order valence-corrected chi connectivity index (χ0v) is 14.5. The second-order valence-electron chi connectivity index (χ2n) is 6.06. The fraction of sp³-hybridized carbons (Fsp3) is 0.250. The molecule has 0 unspecified atom stereocenters. The Morgan fingerprint density at radius 1 is 1.07 bits per heavy atom. The van der Waals surface area contributed by atoms with Gasteiger partial charge in [-0.1, -0.05) is 24.3 Å². The number of anilines is 2. The van der Waals surface area contributed by atoms with Crippen molar-refractivity contribution < 1.29 is 22.7 Å². The molecule has 1 heterocycles. The number of alkyl halides is 3. The Kier molecular flexibility index (Phi) is 5.81. The van der Waals surface area contributed by atoms with E-state index in [-0.39, 0.29) is 0 Å². The van der Waals surface area contributed by atoms with Crippen LogP contribution in [0.3, 0.4) is 0 Å². The van der Waals surface area contributed by atoms with Gasteiger partial charge in [0.1, 0.15) is 0 Å². The molecule has 3 rings (SSSR count). The van der Waals surface area contributed by atoms with E-state index in [1.165, 1.54) is 24.3 Å². The lowest BCUT2D eigenvalue weighted by Gasteiger charge is -2.30. The summed E-state index contributed by atoms with van der Waals surface area (Å²) in [6.07, 6.45) is -1.82. The van der Waals surface area contributed by atoms with Gasteiger partial charge in [0.05, 0.1) is 30.2 Å². The topological polar surface area (TPSA) is 41.6 Å². The fourth-order valence-corrected chi connectivity index (χ4v) is 2.82. The lowest BCUT2D eigenvalue weighted by molar-refractivity contribution is -0.137. The maximum absolute atomic E-state index is 12.8. The van der Waals surface area contributed by atoms with Crippen LogP contribution < -0.4 is 10.2 Å². The number of hydrogen-bond donors (Lipinski definition) is 1. The van der Waals surface area contributed by atoms with Crippen LogP contribution >= 0.6 is 0 Å². The second-order valence-corrected chi connectivity index (χ2v) is 6.06. The molecule has 1 aliphatic rings. The number of morpholine rings is 1. The van der Waals surface area contributed by atoms with Gasteiger partial charge in [-0.3, -0.25) is 4.79 Å². The van der Waals surface area contributed by atoms with E-state index in [1.54, 1.807) is 6.07 Å². The van der Waals surface area contributed by atoms with E-state index in [9.17, 15) is 18.0 Å². The second kappa shape index (κ2) is 8.26.